The summed E-state index contributed by atoms with van der Waals surface area (Å²) in [6.45, 7) is 0. The molecule has 0 radical (unpaired) electrons. The van der Waals surface area contributed by atoms with Crippen LogP contribution < -0.4 is 4.90 Å². The summed E-state index contributed by atoms with van der Waals surface area (Å²) < 4.78 is 40.3. The first kappa shape index (κ1) is 23.4. The van der Waals surface area contributed by atoms with Crippen molar-refractivity contribution < 1.29 is 27.9 Å². The molecule has 3 aromatic carbocycles. The fourth-order valence-electron chi connectivity index (χ4n) is 3.99. The first-order chi connectivity index (χ1) is 16.0. The standard InChI is InChI=1S/C25H18ClF3N2O3/c1-30-18-8-5-9-19(20(18)21(26)22(30)24(33)34)31(2)23(32)17-7-4-3-6-16(17)14-10-12-15(13-11-14)25(27,28)29/h3-13H,1-2H3,(H,33,34). The van der Waals surface area contributed by atoms with Gasteiger partial charge in [-0.1, -0.05) is 48.0 Å². The number of aromatic nitrogens is 1. The lowest BCUT2D eigenvalue weighted by molar-refractivity contribution is -0.137. The Kier molecular flexibility index (Phi) is 5.87. The van der Waals surface area contributed by atoms with Crippen molar-refractivity contribution in [1.82, 2.24) is 4.57 Å². The minimum Gasteiger partial charge on any atom is -0.477 e. The van der Waals surface area contributed by atoms with E-state index in [1.54, 1.807) is 49.5 Å². The van der Waals surface area contributed by atoms with Crippen LogP contribution in [0.1, 0.15) is 26.4 Å². The van der Waals surface area contributed by atoms with Crippen molar-refractivity contribution >= 4 is 40.1 Å². The van der Waals surface area contributed by atoms with Crippen molar-refractivity contribution in [2.24, 2.45) is 7.05 Å². The van der Waals surface area contributed by atoms with Crippen LogP contribution in [0.4, 0.5) is 18.9 Å². The summed E-state index contributed by atoms with van der Waals surface area (Å²) >= 11 is 6.40. The second-order valence-electron chi connectivity index (χ2n) is 7.68. The zero-order valence-electron chi connectivity index (χ0n) is 18.0. The predicted octanol–water partition coefficient (Wildman–Crippen LogP) is 6.49. The maximum Gasteiger partial charge on any atom is 0.416 e. The highest BCUT2D eigenvalue weighted by Crippen LogP contribution is 2.38. The fraction of sp³-hybridized carbons (Fsp3) is 0.120. The third kappa shape index (κ3) is 3.90. The number of alkyl halides is 3. The number of carbonyl (C=O) groups excluding carboxylic acids is 1. The Labute approximate surface area is 197 Å². The molecule has 1 heterocycles. The number of aryl methyl sites for hydroxylation is 1. The number of nitrogens with zero attached hydrogens (tertiary/aromatic N) is 2. The summed E-state index contributed by atoms with van der Waals surface area (Å²) in [4.78, 5) is 26.6. The van der Waals surface area contributed by atoms with Gasteiger partial charge in [0.2, 0.25) is 0 Å². The van der Waals surface area contributed by atoms with Gasteiger partial charge in [-0.25, -0.2) is 4.79 Å². The van der Waals surface area contributed by atoms with Crippen molar-refractivity contribution in [2.75, 3.05) is 11.9 Å². The molecular weight excluding hydrogens is 469 g/mol. The summed E-state index contributed by atoms with van der Waals surface area (Å²) in [5, 5.41) is 9.96. The van der Waals surface area contributed by atoms with E-state index >= 15 is 0 Å². The molecule has 0 aliphatic heterocycles. The number of rotatable bonds is 4. The Morgan fingerprint density at radius 2 is 1.62 bits per heavy atom. The van der Waals surface area contributed by atoms with Gasteiger partial charge in [0.1, 0.15) is 5.69 Å². The molecular formula is C25H18ClF3N2O3. The molecule has 4 rings (SSSR count). The van der Waals surface area contributed by atoms with Crippen LogP contribution in [0.3, 0.4) is 0 Å². The Morgan fingerprint density at radius 1 is 0.971 bits per heavy atom. The van der Waals surface area contributed by atoms with Crippen molar-refractivity contribution in [3.05, 3.63) is 88.6 Å². The van der Waals surface area contributed by atoms with E-state index in [0.29, 0.717) is 27.7 Å². The minimum atomic E-state index is -4.46. The summed E-state index contributed by atoms with van der Waals surface area (Å²) in [6.07, 6.45) is -4.46. The molecule has 1 N–H and O–H groups in total. The predicted molar refractivity (Wildman–Crippen MR) is 125 cm³/mol. The van der Waals surface area contributed by atoms with Crippen LogP contribution in [-0.2, 0) is 13.2 Å². The normalized spacial score (nSPS) is 11.6. The zero-order valence-corrected chi connectivity index (χ0v) is 18.8. The number of carboxylic acids is 1. The van der Waals surface area contributed by atoms with E-state index in [0.717, 1.165) is 12.1 Å². The van der Waals surface area contributed by atoms with E-state index in [9.17, 15) is 27.9 Å². The fourth-order valence-corrected chi connectivity index (χ4v) is 4.39. The molecule has 5 nitrogen and oxygen atoms in total. The van der Waals surface area contributed by atoms with Gasteiger partial charge in [0, 0.05) is 25.0 Å². The lowest BCUT2D eigenvalue weighted by Gasteiger charge is -2.21. The molecule has 0 spiro atoms. The number of carbonyl (C=O) groups is 2. The molecule has 4 aromatic rings. The number of hydrogen-bond acceptors (Lipinski definition) is 2. The largest absolute Gasteiger partial charge is 0.477 e. The number of carboxylic acid groups (broad SMARTS) is 1. The number of amides is 1. The van der Waals surface area contributed by atoms with Gasteiger partial charge >= 0.3 is 12.1 Å². The van der Waals surface area contributed by atoms with Gasteiger partial charge in [-0.15, -0.1) is 0 Å². The lowest BCUT2D eigenvalue weighted by Crippen LogP contribution is -2.27. The van der Waals surface area contributed by atoms with E-state index in [1.165, 1.54) is 28.6 Å². The van der Waals surface area contributed by atoms with Crippen molar-refractivity contribution in [1.29, 1.82) is 0 Å². The Bertz CT molecular complexity index is 1430. The van der Waals surface area contributed by atoms with Crippen LogP contribution in [0.15, 0.2) is 66.7 Å². The van der Waals surface area contributed by atoms with Crippen LogP contribution in [0, 0.1) is 0 Å². The molecule has 1 amide bonds. The van der Waals surface area contributed by atoms with Crippen molar-refractivity contribution in [3.8, 4) is 11.1 Å². The summed E-state index contributed by atoms with van der Waals surface area (Å²) in [5.41, 5.74) is 1.24. The quantitative estimate of drug-likeness (QED) is 0.358. The van der Waals surface area contributed by atoms with Crippen molar-refractivity contribution in [3.63, 3.8) is 0 Å². The molecule has 0 atom stereocenters. The third-order valence-electron chi connectivity index (χ3n) is 5.69. The maximum absolute atomic E-state index is 13.5. The molecule has 0 unspecified atom stereocenters. The zero-order chi connectivity index (χ0) is 24.8. The average molecular weight is 487 g/mol. The van der Waals surface area contributed by atoms with Gasteiger partial charge in [0.15, 0.2) is 0 Å². The first-order valence-electron chi connectivity index (χ1n) is 10.1. The van der Waals surface area contributed by atoms with Crippen LogP contribution in [-0.4, -0.2) is 28.6 Å². The van der Waals surface area contributed by atoms with Gasteiger partial charge in [-0.2, -0.15) is 13.2 Å². The van der Waals surface area contributed by atoms with Gasteiger partial charge in [-0.05, 0) is 41.5 Å². The van der Waals surface area contributed by atoms with Gasteiger partial charge in [-0.3, -0.25) is 4.79 Å². The molecule has 0 saturated carbocycles. The van der Waals surface area contributed by atoms with E-state index in [4.69, 9.17) is 11.6 Å². The minimum absolute atomic E-state index is 0.0104. The molecule has 174 valence electrons. The smallest absolute Gasteiger partial charge is 0.416 e. The highest BCUT2D eigenvalue weighted by molar-refractivity contribution is 6.40. The molecule has 0 fully saturated rings. The summed E-state index contributed by atoms with van der Waals surface area (Å²) in [5.74, 6) is -1.63. The Hall–Kier alpha value is -3.78. The second kappa shape index (κ2) is 8.53. The molecule has 0 aliphatic rings. The summed E-state index contributed by atoms with van der Waals surface area (Å²) in [6, 6.07) is 16.2. The number of benzene rings is 3. The molecule has 0 aliphatic carbocycles. The van der Waals surface area contributed by atoms with Crippen LogP contribution in [0.5, 0.6) is 0 Å². The topological polar surface area (TPSA) is 62.5 Å². The van der Waals surface area contributed by atoms with Gasteiger partial charge in [0.05, 0.1) is 21.8 Å². The highest BCUT2D eigenvalue weighted by atomic mass is 35.5. The Balaban J connectivity index is 1.79. The third-order valence-corrected chi connectivity index (χ3v) is 6.06. The summed E-state index contributed by atoms with van der Waals surface area (Å²) in [7, 11) is 3.10. The molecule has 0 saturated heterocycles. The maximum atomic E-state index is 13.5. The van der Waals surface area contributed by atoms with Crippen molar-refractivity contribution in [2.45, 2.75) is 6.18 Å². The van der Waals surface area contributed by atoms with Crippen LogP contribution in [0.2, 0.25) is 5.02 Å². The first-order valence-corrected chi connectivity index (χ1v) is 10.4. The average Bonchev–Trinajstić information content (AvgIpc) is 3.08. The van der Waals surface area contributed by atoms with Gasteiger partial charge < -0.3 is 14.6 Å². The molecule has 34 heavy (non-hydrogen) atoms. The van der Waals surface area contributed by atoms with Gasteiger partial charge in [0.25, 0.3) is 5.91 Å². The number of hydrogen-bond donors (Lipinski definition) is 1. The molecule has 9 heteroatoms. The Morgan fingerprint density at radius 3 is 2.24 bits per heavy atom. The number of fused-ring (bicyclic) bond motifs is 1. The highest BCUT2D eigenvalue weighted by Gasteiger charge is 2.30. The molecule has 0 bridgehead atoms. The number of anilines is 1. The number of aromatic carboxylic acids is 1. The van der Waals surface area contributed by atoms with E-state index < -0.39 is 23.6 Å². The molecule has 1 aromatic heterocycles. The van der Waals surface area contributed by atoms with Crippen LogP contribution in [0.25, 0.3) is 22.0 Å². The second-order valence-corrected chi connectivity index (χ2v) is 8.06. The number of halogens is 4. The lowest BCUT2D eigenvalue weighted by atomic mass is 9.97. The SMILES string of the molecule is CN(C(=O)c1ccccc1-c1ccc(C(F)(F)F)cc1)c1cccc2c1c(Cl)c(C(=O)O)n2C. The van der Waals surface area contributed by atoms with E-state index in [-0.39, 0.29) is 16.3 Å². The van der Waals surface area contributed by atoms with E-state index in [2.05, 4.69) is 0 Å². The van der Waals surface area contributed by atoms with E-state index in [1.807, 2.05) is 0 Å². The van der Waals surface area contributed by atoms with Crippen LogP contribution >= 0.6 is 11.6 Å². The monoisotopic (exact) mass is 486 g/mol.